The van der Waals surface area contributed by atoms with Gasteiger partial charge >= 0.3 is 0 Å². The van der Waals surface area contributed by atoms with Gasteiger partial charge in [-0.3, -0.25) is 0 Å². The molecule has 0 bridgehead atoms. The van der Waals surface area contributed by atoms with Gasteiger partial charge in [-0.25, -0.2) is 0 Å². The zero-order valence-corrected chi connectivity index (χ0v) is 15.0. The van der Waals surface area contributed by atoms with E-state index < -0.39 is 6.10 Å². The lowest BCUT2D eigenvalue weighted by Crippen LogP contribution is -2.25. The van der Waals surface area contributed by atoms with Gasteiger partial charge in [0.2, 0.25) is 0 Å². The number of aliphatic hydroxyl groups excluding tert-OH is 1. The van der Waals surface area contributed by atoms with Crippen LogP contribution in [0.2, 0.25) is 0 Å². The van der Waals surface area contributed by atoms with Crippen LogP contribution in [0.1, 0.15) is 43.9 Å². The first kappa shape index (κ1) is 18.3. The van der Waals surface area contributed by atoms with Crippen molar-refractivity contribution in [2.75, 3.05) is 24.6 Å². The monoisotopic (exact) mass is 327 g/mol. The topological polar surface area (TPSA) is 32.7 Å². The summed E-state index contributed by atoms with van der Waals surface area (Å²) in [5.74, 6) is 0.803. The summed E-state index contributed by atoms with van der Waals surface area (Å²) in [6, 6.07) is 16.4. The number of ether oxygens (including phenoxy) is 1. The average molecular weight is 327 g/mol. The third-order valence-corrected chi connectivity index (χ3v) is 4.16. The second-order valence-electron chi connectivity index (χ2n) is 6.11. The van der Waals surface area contributed by atoms with Gasteiger partial charge in [0, 0.05) is 24.3 Å². The van der Waals surface area contributed by atoms with E-state index >= 15 is 0 Å². The molecule has 3 nitrogen and oxygen atoms in total. The molecular weight excluding hydrogens is 298 g/mol. The molecule has 1 N–H and O–H groups in total. The van der Waals surface area contributed by atoms with E-state index in [1.165, 1.54) is 5.69 Å². The van der Waals surface area contributed by atoms with Crippen molar-refractivity contribution in [2.24, 2.45) is 0 Å². The smallest absolute Gasteiger partial charge is 0.125 e. The fourth-order valence-corrected chi connectivity index (χ4v) is 2.81. The molecule has 0 saturated carbocycles. The summed E-state index contributed by atoms with van der Waals surface area (Å²) in [6.07, 6.45) is 1.12. The molecule has 0 aliphatic rings. The van der Waals surface area contributed by atoms with E-state index in [2.05, 4.69) is 30.9 Å². The Hall–Kier alpha value is -2.00. The highest BCUT2D eigenvalue weighted by molar-refractivity contribution is 5.46. The summed E-state index contributed by atoms with van der Waals surface area (Å²) >= 11 is 0. The molecule has 0 radical (unpaired) electrons. The standard InChI is InChI=1S/C21H29NO2/c1-4-15-24-21-12-11-17(3)16-19(21)20(23)13-14-22(5-2)18-9-7-6-8-10-18/h6-12,16,20,23H,4-5,13-15H2,1-3H3. The van der Waals surface area contributed by atoms with E-state index in [1.54, 1.807) is 0 Å². The van der Waals surface area contributed by atoms with Crippen LogP contribution in [0.3, 0.4) is 0 Å². The van der Waals surface area contributed by atoms with Crippen LogP contribution in [0.25, 0.3) is 0 Å². The Labute approximate surface area is 145 Å². The lowest BCUT2D eigenvalue weighted by molar-refractivity contribution is 0.163. The molecule has 0 aliphatic carbocycles. The van der Waals surface area contributed by atoms with Crippen molar-refractivity contribution in [1.82, 2.24) is 0 Å². The first-order valence-corrected chi connectivity index (χ1v) is 8.87. The number of aryl methyl sites for hydroxylation is 1. The van der Waals surface area contributed by atoms with Gasteiger partial charge < -0.3 is 14.7 Å². The predicted octanol–water partition coefficient (Wildman–Crippen LogP) is 4.73. The maximum Gasteiger partial charge on any atom is 0.125 e. The number of benzene rings is 2. The molecule has 1 unspecified atom stereocenters. The highest BCUT2D eigenvalue weighted by Gasteiger charge is 2.15. The molecule has 0 saturated heterocycles. The summed E-state index contributed by atoms with van der Waals surface area (Å²) in [4.78, 5) is 2.28. The van der Waals surface area contributed by atoms with E-state index in [-0.39, 0.29) is 0 Å². The number of rotatable bonds is 9. The normalized spacial score (nSPS) is 12.0. The van der Waals surface area contributed by atoms with Gasteiger partial charge in [0.05, 0.1) is 12.7 Å². The molecule has 2 aromatic rings. The van der Waals surface area contributed by atoms with Crippen LogP contribution in [0, 0.1) is 6.92 Å². The minimum Gasteiger partial charge on any atom is -0.493 e. The van der Waals surface area contributed by atoms with Crippen LogP contribution in [-0.4, -0.2) is 24.8 Å². The molecule has 3 heteroatoms. The molecule has 130 valence electrons. The van der Waals surface area contributed by atoms with Crippen LogP contribution in [0.4, 0.5) is 5.69 Å². The number of hydrogen-bond acceptors (Lipinski definition) is 3. The van der Waals surface area contributed by atoms with Gasteiger partial charge in [-0.2, -0.15) is 0 Å². The van der Waals surface area contributed by atoms with Gasteiger partial charge in [-0.1, -0.05) is 36.8 Å². The Kier molecular flexibility index (Phi) is 7.13. The van der Waals surface area contributed by atoms with E-state index in [4.69, 9.17) is 4.74 Å². The van der Waals surface area contributed by atoms with Crippen molar-refractivity contribution in [3.05, 3.63) is 59.7 Å². The third kappa shape index (κ3) is 5.00. The summed E-state index contributed by atoms with van der Waals surface area (Å²) in [5.41, 5.74) is 3.23. The molecule has 1 atom stereocenters. The van der Waals surface area contributed by atoms with Crippen molar-refractivity contribution in [3.63, 3.8) is 0 Å². The number of aliphatic hydroxyl groups is 1. The fraction of sp³-hybridized carbons (Fsp3) is 0.429. The van der Waals surface area contributed by atoms with Crippen LogP contribution in [-0.2, 0) is 0 Å². The maximum absolute atomic E-state index is 10.7. The highest BCUT2D eigenvalue weighted by Crippen LogP contribution is 2.29. The summed E-state index contributed by atoms with van der Waals surface area (Å²) < 4.78 is 5.81. The van der Waals surface area contributed by atoms with Crippen LogP contribution in [0.15, 0.2) is 48.5 Å². The Bertz CT molecular complexity index is 612. The van der Waals surface area contributed by atoms with Crippen molar-refractivity contribution in [1.29, 1.82) is 0 Å². The minimum absolute atomic E-state index is 0.519. The molecule has 2 aromatic carbocycles. The number of anilines is 1. The summed E-state index contributed by atoms with van der Waals surface area (Å²) in [5, 5.41) is 10.7. The largest absolute Gasteiger partial charge is 0.493 e. The maximum atomic E-state index is 10.7. The number of hydrogen-bond donors (Lipinski definition) is 1. The van der Waals surface area contributed by atoms with Crippen LogP contribution in [0.5, 0.6) is 5.75 Å². The van der Waals surface area contributed by atoms with E-state index in [9.17, 15) is 5.11 Å². The zero-order chi connectivity index (χ0) is 17.4. The molecule has 0 aliphatic heterocycles. The first-order valence-electron chi connectivity index (χ1n) is 8.87. The van der Waals surface area contributed by atoms with Crippen molar-refractivity contribution < 1.29 is 9.84 Å². The second kappa shape index (κ2) is 9.33. The molecule has 24 heavy (non-hydrogen) atoms. The highest BCUT2D eigenvalue weighted by atomic mass is 16.5. The SMILES string of the molecule is CCCOc1ccc(C)cc1C(O)CCN(CC)c1ccccc1. The predicted molar refractivity (Wildman–Crippen MR) is 101 cm³/mol. The third-order valence-electron chi connectivity index (χ3n) is 4.16. The Morgan fingerprint density at radius 2 is 1.83 bits per heavy atom. The van der Waals surface area contributed by atoms with E-state index in [1.807, 2.05) is 43.3 Å². The van der Waals surface area contributed by atoms with E-state index in [0.717, 1.165) is 36.4 Å². The Morgan fingerprint density at radius 3 is 2.50 bits per heavy atom. The van der Waals surface area contributed by atoms with Gasteiger partial charge in [0.25, 0.3) is 0 Å². The van der Waals surface area contributed by atoms with Crippen molar-refractivity contribution >= 4 is 5.69 Å². The average Bonchev–Trinajstić information content (AvgIpc) is 2.62. The van der Waals surface area contributed by atoms with E-state index in [0.29, 0.717) is 13.0 Å². The molecular formula is C21H29NO2. The molecule has 2 rings (SSSR count). The lowest BCUT2D eigenvalue weighted by atomic mass is 10.0. The van der Waals surface area contributed by atoms with Gasteiger partial charge in [0.15, 0.2) is 0 Å². The van der Waals surface area contributed by atoms with Gasteiger partial charge in [-0.05, 0) is 51.0 Å². The Morgan fingerprint density at radius 1 is 1.08 bits per heavy atom. The first-order chi connectivity index (χ1) is 11.7. The second-order valence-corrected chi connectivity index (χ2v) is 6.11. The van der Waals surface area contributed by atoms with Gasteiger partial charge in [-0.15, -0.1) is 0 Å². The quantitative estimate of drug-likeness (QED) is 0.722. The number of para-hydroxylation sites is 1. The fourth-order valence-electron chi connectivity index (χ4n) is 2.81. The van der Waals surface area contributed by atoms with Gasteiger partial charge in [0.1, 0.15) is 5.75 Å². The molecule has 0 heterocycles. The molecule has 0 fully saturated rings. The van der Waals surface area contributed by atoms with Crippen LogP contribution < -0.4 is 9.64 Å². The molecule has 0 spiro atoms. The molecule has 0 amide bonds. The molecule has 0 aromatic heterocycles. The van der Waals surface area contributed by atoms with Crippen molar-refractivity contribution in [3.8, 4) is 5.75 Å². The summed E-state index contributed by atoms with van der Waals surface area (Å²) in [6.45, 7) is 8.67. The Balaban J connectivity index is 2.06. The summed E-state index contributed by atoms with van der Waals surface area (Å²) in [7, 11) is 0. The zero-order valence-electron chi connectivity index (χ0n) is 15.0. The number of nitrogens with zero attached hydrogens (tertiary/aromatic N) is 1. The van der Waals surface area contributed by atoms with Crippen LogP contribution >= 0.6 is 0 Å². The minimum atomic E-state index is -0.519. The van der Waals surface area contributed by atoms with Crippen molar-refractivity contribution in [2.45, 2.75) is 39.7 Å². The lowest BCUT2D eigenvalue weighted by Gasteiger charge is -2.25.